The van der Waals surface area contributed by atoms with Crippen molar-refractivity contribution in [3.63, 3.8) is 0 Å². The summed E-state index contributed by atoms with van der Waals surface area (Å²) < 4.78 is 29.4. The van der Waals surface area contributed by atoms with Crippen molar-refractivity contribution in [3.05, 3.63) is 84.2 Å². The van der Waals surface area contributed by atoms with Crippen LogP contribution in [0.1, 0.15) is 29.3 Å². The third-order valence-electron chi connectivity index (χ3n) is 5.64. The molecule has 2 heterocycles. The van der Waals surface area contributed by atoms with E-state index in [1.54, 1.807) is 17.0 Å². The normalized spacial score (nSPS) is 15.2. The molecule has 0 bridgehead atoms. The second kappa shape index (κ2) is 9.08. The van der Waals surface area contributed by atoms with Gasteiger partial charge >= 0.3 is 0 Å². The highest BCUT2D eigenvalue weighted by Crippen LogP contribution is 2.20. The number of rotatable bonds is 6. The zero-order valence-corrected chi connectivity index (χ0v) is 18.5. The first kappa shape index (κ1) is 21.3. The van der Waals surface area contributed by atoms with Crippen LogP contribution in [0.25, 0.3) is 5.69 Å². The van der Waals surface area contributed by atoms with Crippen molar-refractivity contribution in [2.45, 2.75) is 24.7 Å². The Morgan fingerprint density at radius 2 is 1.48 bits per heavy atom. The second-order valence-corrected chi connectivity index (χ2v) is 9.67. The van der Waals surface area contributed by atoms with Gasteiger partial charge in [-0.2, -0.15) is 4.31 Å². The van der Waals surface area contributed by atoms with E-state index >= 15 is 0 Å². The molecule has 162 valence electrons. The summed E-state index contributed by atoms with van der Waals surface area (Å²) in [5.41, 5.74) is 2.74. The zero-order chi connectivity index (χ0) is 21.8. The van der Waals surface area contributed by atoms with Gasteiger partial charge in [0.2, 0.25) is 10.0 Å². The fourth-order valence-electron chi connectivity index (χ4n) is 3.86. The lowest BCUT2D eigenvalue weighted by molar-refractivity contribution is 0.0698. The Morgan fingerprint density at radius 1 is 0.871 bits per heavy atom. The van der Waals surface area contributed by atoms with Gasteiger partial charge in [-0.25, -0.2) is 8.42 Å². The van der Waals surface area contributed by atoms with E-state index in [0.29, 0.717) is 36.6 Å². The molecular weight excluding hydrogens is 410 g/mol. The van der Waals surface area contributed by atoms with Crippen LogP contribution in [0.3, 0.4) is 0 Å². The van der Waals surface area contributed by atoms with Gasteiger partial charge in [-0.15, -0.1) is 0 Å². The number of carbonyl (C=O) groups is 1. The van der Waals surface area contributed by atoms with E-state index in [9.17, 15) is 13.2 Å². The van der Waals surface area contributed by atoms with Crippen molar-refractivity contribution in [2.24, 2.45) is 0 Å². The molecule has 0 atom stereocenters. The predicted molar refractivity (Wildman–Crippen MR) is 121 cm³/mol. The molecule has 0 aliphatic carbocycles. The van der Waals surface area contributed by atoms with Gasteiger partial charge in [0.15, 0.2) is 0 Å². The smallest absolute Gasteiger partial charge is 0.253 e. The van der Waals surface area contributed by atoms with E-state index in [0.717, 1.165) is 24.1 Å². The van der Waals surface area contributed by atoms with E-state index in [-0.39, 0.29) is 5.91 Å². The molecule has 0 N–H and O–H groups in total. The molecule has 0 unspecified atom stereocenters. The van der Waals surface area contributed by atoms with Gasteiger partial charge < -0.3 is 9.47 Å². The zero-order valence-electron chi connectivity index (χ0n) is 17.6. The number of amides is 1. The minimum atomic E-state index is -3.55. The molecule has 2 aromatic carbocycles. The summed E-state index contributed by atoms with van der Waals surface area (Å²) >= 11 is 0. The van der Waals surface area contributed by atoms with E-state index < -0.39 is 10.0 Å². The maximum Gasteiger partial charge on any atom is 0.253 e. The Morgan fingerprint density at radius 3 is 2.06 bits per heavy atom. The minimum Gasteiger partial charge on any atom is -0.336 e. The molecule has 1 aliphatic heterocycles. The van der Waals surface area contributed by atoms with Crippen molar-refractivity contribution in [3.8, 4) is 5.69 Å². The maximum absolute atomic E-state index is 13.0. The summed E-state index contributed by atoms with van der Waals surface area (Å²) in [6, 6.07) is 18.5. The van der Waals surface area contributed by atoms with Gasteiger partial charge in [0.1, 0.15) is 0 Å². The van der Waals surface area contributed by atoms with Crippen molar-refractivity contribution < 1.29 is 13.2 Å². The molecule has 1 aromatic heterocycles. The fraction of sp³-hybridized carbons (Fsp3) is 0.292. The lowest BCUT2D eigenvalue weighted by Gasteiger charge is -2.34. The average Bonchev–Trinajstić information content (AvgIpc) is 3.34. The molecule has 0 radical (unpaired) electrons. The third-order valence-corrected chi connectivity index (χ3v) is 7.56. The van der Waals surface area contributed by atoms with Gasteiger partial charge in [0, 0.05) is 49.8 Å². The Labute approximate surface area is 183 Å². The largest absolute Gasteiger partial charge is 0.336 e. The van der Waals surface area contributed by atoms with Crippen molar-refractivity contribution in [1.82, 2.24) is 13.8 Å². The molecule has 3 aromatic rings. The van der Waals surface area contributed by atoms with Gasteiger partial charge in [-0.05, 0) is 60.5 Å². The summed E-state index contributed by atoms with van der Waals surface area (Å²) in [5, 5.41) is 0. The summed E-state index contributed by atoms with van der Waals surface area (Å²) in [4.78, 5) is 14.9. The Hall–Kier alpha value is -2.90. The van der Waals surface area contributed by atoms with Crippen LogP contribution in [0.2, 0.25) is 0 Å². The van der Waals surface area contributed by atoms with E-state index in [1.807, 2.05) is 65.5 Å². The Balaban J connectivity index is 1.39. The molecule has 0 spiro atoms. The lowest BCUT2D eigenvalue weighted by atomic mass is 10.1. The average molecular weight is 438 g/mol. The number of hydrogen-bond donors (Lipinski definition) is 0. The number of hydrogen-bond acceptors (Lipinski definition) is 3. The molecule has 1 aliphatic rings. The lowest BCUT2D eigenvalue weighted by Crippen LogP contribution is -2.50. The van der Waals surface area contributed by atoms with Gasteiger partial charge in [-0.1, -0.05) is 25.5 Å². The summed E-state index contributed by atoms with van der Waals surface area (Å²) in [6.45, 7) is 3.46. The van der Waals surface area contributed by atoms with Crippen LogP contribution in [0.15, 0.2) is 78.0 Å². The van der Waals surface area contributed by atoms with Crippen LogP contribution in [-0.2, 0) is 16.4 Å². The molecule has 1 saturated heterocycles. The van der Waals surface area contributed by atoms with Gasteiger partial charge in [0.05, 0.1) is 4.90 Å². The molecule has 1 amide bonds. The molecule has 6 nitrogen and oxygen atoms in total. The number of carbonyl (C=O) groups excluding carboxylic acids is 1. The summed E-state index contributed by atoms with van der Waals surface area (Å²) in [7, 11) is -3.55. The number of benzene rings is 2. The van der Waals surface area contributed by atoms with Crippen molar-refractivity contribution in [1.29, 1.82) is 0 Å². The molecule has 4 rings (SSSR count). The van der Waals surface area contributed by atoms with E-state index in [2.05, 4.69) is 6.92 Å². The maximum atomic E-state index is 13.0. The highest BCUT2D eigenvalue weighted by atomic mass is 32.2. The summed E-state index contributed by atoms with van der Waals surface area (Å²) in [5.74, 6) is -0.0694. The molecule has 1 fully saturated rings. The second-order valence-electron chi connectivity index (χ2n) is 7.73. The number of piperazine rings is 1. The molecule has 7 heteroatoms. The third kappa shape index (κ3) is 4.57. The van der Waals surface area contributed by atoms with Crippen LogP contribution >= 0.6 is 0 Å². The number of aromatic nitrogens is 1. The number of nitrogens with zero attached hydrogens (tertiary/aromatic N) is 3. The number of aryl methyl sites for hydroxylation is 1. The van der Waals surface area contributed by atoms with E-state index in [4.69, 9.17) is 0 Å². The Kier molecular flexibility index (Phi) is 6.25. The minimum absolute atomic E-state index is 0.0694. The van der Waals surface area contributed by atoms with Crippen LogP contribution in [0, 0.1) is 0 Å². The molecule has 31 heavy (non-hydrogen) atoms. The van der Waals surface area contributed by atoms with Crippen molar-refractivity contribution >= 4 is 15.9 Å². The first-order valence-electron chi connectivity index (χ1n) is 10.6. The number of sulfonamides is 1. The van der Waals surface area contributed by atoms with Crippen LogP contribution < -0.4 is 0 Å². The van der Waals surface area contributed by atoms with Crippen LogP contribution in [-0.4, -0.2) is 54.3 Å². The fourth-order valence-corrected chi connectivity index (χ4v) is 5.28. The predicted octanol–water partition coefficient (Wildman–Crippen LogP) is 3.58. The van der Waals surface area contributed by atoms with Gasteiger partial charge in [-0.3, -0.25) is 4.79 Å². The molecular formula is C24H27N3O3S. The van der Waals surface area contributed by atoms with E-state index in [1.165, 1.54) is 4.31 Å². The van der Waals surface area contributed by atoms with Crippen LogP contribution in [0.4, 0.5) is 0 Å². The van der Waals surface area contributed by atoms with Crippen LogP contribution in [0.5, 0.6) is 0 Å². The monoisotopic (exact) mass is 437 g/mol. The highest BCUT2D eigenvalue weighted by Gasteiger charge is 2.30. The topological polar surface area (TPSA) is 62.6 Å². The first-order chi connectivity index (χ1) is 15.0. The standard InChI is InChI=1S/C24H27N3O3S/c1-2-5-20-6-12-23(13-7-20)31(29,30)27-18-16-26(17-19-27)24(28)21-8-10-22(11-9-21)25-14-3-4-15-25/h3-4,6-15H,2,5,16-19H2,1H3. The SMILES string of the molecule is CCCc1ccc(S(=O)(=O)N2CCN(C(=O)c3ccc(-n4cccc4)cc3)CC2)cc1. The molecule has 0 saturated carbocycles. The first-order valence-corrected chi connectivity index (χ1v) is 12.0. The quantitative estimate of drug-likeness (QED) is 0.592. The summed E-state index contributed by atoms with van der Waals surface area (Å²) in [6.07, 6.45) is 5.87. The van der Waals surface area contributed by atoms with Gasteiger partial charge in [0.25, 0.3) is 5.91 Å². The Bertz CT molecular complexity index is 1110. The van der Waals surface area contributed by atoms with Crippen molar-refractivity contribution in [2.75, 3.05) is 26.2 Å². The highest BCUT2D eigenvalue weighted by molar-refractivity contribution is 7.89.